The van der Waals surface area contributed by atoms with E-state index in [9.17, 15) is 4.39 Å². The zero-order valence-corrected chi connectivity index (χ0v) is 33.0. The first-order valence-electron chi connectivity index (χ1n) is 18.7. The SMILES string of the molecule is C[C@@H]1Cc2c(sc3ccccc23)[C@@H](c2c(F)cc(NC3CN(CCCF)C3)cc2F)N1CC(F)(F)CO[Si](c1ccccc1)(c1ccccc1)C(C)(C)C. The van der Waals surface area contributed by atoms with Crippen LogP contribution in [0.3, 0.4) is 0 Å². The van der Waals surface area contributed by atoms with Crippen molar-refractivity contribution in [2.75, 3.05) is 44.8 Å². The van der Waals surface area contributed by atoms with Crippen LogP contribution in [-0.2, 0) is 10.8 Å². The quantitative estimate of drug-likeness (QED) is 0.0954. The van der Waals surface area contributed by atoms with Gasteiger partial charge in [-0.05, 0) is 64.3 Å². The van der Waals surface area contributed by atoms with E-state index < -0.39 is 56.1 Å². The molecule has 0 unspecified atom stereocenters. The summed E-state index contributed by atoms with van der Waals surface area (Å²) in [6.07, 6.45) is 0.913. The second-order valence-corrected chi connectivity index (χ2v) is 21.3. The van der Waals surface area contributed by atoms with Crippen LogP contribution in [-0.4, -0.2) is 75.6 Å². The van der Waals surface area contributed by atoms with E-state index in [4.69, 9.17) is 4.43 Å². The Bertz CT molecular complexity index is 1990. The number of nitrogens with one attached hydrogen (secondary N) is 1. The molecule has 2 atom stereocenters. The van der Waals surface area contributed by atoms with Crippen LogP contribution in [0.25, 0.3) is 10.1 Å². The number of alkyl halides is 3. The summed E-state index contributed by atoms with van der Waals surface area (Å²) in [4.78, 5) is 4.34. The molecule has 2 aliphatic rings. The summed E-state index contributed by atoms with van der Waals surface area (Å²) in [5, 5.41) is 5.47. The minimum absolute atomic E-state index is 0.0242. The maximum Gasteiger partial charge on any atom is 0.282 e. The van der Waals surface area contributed by atoms with Gasteiger partial charge in [-0.1, -0.05) is 99.6 Å². The number of benzene rings is 4. The van der Waals surface area contributed by atoms with Crippen LogP contribution < -0.4 is 15.7 Å². The lowest BCUT2D eigenvalue weighted by atomic mass is 9.88. The van der Waals surface area contributed by atoms with Crippen LogP contribution in [0.5, 0.6) is 0 Å². The Morgan fingerprint density at radius 2 is 1.46 bits per heavy atom. The molecule has 1 saturated heterocycles. The van der Waals surface area contributed by atoms with Crippen LogP contribution >= 0.6 is 11.3 Å². The number of thiophene rings is 1. The van der Waals surface area contributed by atoms with Gasteiger partial charge in [-0.25, -0.2) is 17.6 Å². The van der Waals surface area contributed by atoms with Crippen molar-refractivity contribution in [2.24, 2.45) is 0 Å². The van der Waals surface area contributed by atoms with E-state index in [-0.39, 0.29) is 18.3 Å². The summed E-state index contributed by atoms with van der Waals surface area (Å²) in [6.45, 7) is 7.93. The van der Waals surface area contributed by atoms with Crippen molar-refractivity contribution >= 4 is 45.8 Å². The molecule has 1 aromatic heterocycles. The highest BCUT2D eigenvalue weighted by Crippen LogP contribution is 2.48. The maximum absolute atomic E-state index is 16.8. The fourth-order valence-electron chi connectivity index (χ4n) is 8.49. The number of halogens is 5. The topological polar surface area (TPSA) is 27.7 Å². The number of fused-ring (bicyclic) bond motifs is 3. The summed E-state index contributed by atoms with van der Waals surface area (Å²) < 4.78 is 86.8. The number of hydrogen-bond donors (Lipinski definition) is 1. The van der Waals surface area contributed by atoms with Gasteiger partial charge in [0.2, 0.25) is 0 Å². The smallest absolute Gasteiger partial charge is 0.282 e. The standard InChI is InChI=1S/C43H48F5N3OSSi/c1-29-22-35-34-18-11-12-19-38(34)53-41(35)40(39-36(45)23-30(24-37(39)46)49-31-25-50(26-31)21-13-20-44)51(29)27-43(47,48)28-52-54(42(2,3)4,32-14-7-5-8-15-32)33-16-9-6-10-17-33/h5-12,14-19,23-24,29,31,40,49H,13,20-22,25-28H2,1-4H3/t29-,40-/m1/s1. The first-order valence-corrected chi connectivity index (χ1v) is 21.5. The molecule has 0 saturated carbocycles. The second-order valence-electron chi connectivity index (χ2n) is 15.9. The number of likely N-dealkylation sites (tertiary alicyclic amines) is 1. The van der Waals surface area contributed by atoms with Crippen molar-refractivity contribution in [2.45, 2.75) is 69.6 Å². The van der Waals surface area contributed by atoms with E-state index in [1.165, 1.54) is 23.5 Å². The van der Waals surface area contributed by atoms with Gasteiger partial charge < -0.3 is 9.74 Å². The molecule has 5 aromatic rings. The highest BCUT2D eigenvalue weighted by molar-refractivity contribution is 7.19. The number of rotatable bonds is 13. The van der Waals surface area contributed by atoms with Crippen molar-refractivity contribution in [3.63, 3.8) is 0 Å². The molecule has 0 bridgehead atoms. The molecular formula is C43H48F5N3OSSi. The molecule has 54 heavy (non-hydrogen) atoms. The summed E-state index contributed by atoms with van der Waals surface area (Å²) in [5.74, 6) is -4.95. The Kier molecular flexibility index (Phi) is 11.1. The number of hydrogen-bond acceptors (Lipinski definition) is 5. The Hall–Kier alpha value is -3.61. The fraction of sp³-hybridized carbons (Fsp3) is 0.395. The molecule has 0 radical (unpaired) electrons. The van der Waals surface area contributed by atoms with Crippen LogP contribution in [0.4, 0.5) is 27.6 Å². The number of nitrogens with zero attached hydrogens (tertiary/aromatic N) is 2. The van der Waals surface area contributed by atoms with Crippen LogP contribution in [0, 0.1) is 11.6 Å². The molecule has 3 heterocycles. The van der Waals surface area contributed by atoms with Gasteiger partial charge in [-0.3, -0.25) is 14.2 Å². The normalized spacial score (nSPS) is 18.8. The lowest BCUT2D eigenvalue weighted by Gasteiger charge is -2.45. The second kappa shape index (κ2) is 15.5. The largest absolute Gasteiger partial charge is 0.401 e. The molecule has 7 rings (SSSR count). The highest BCUT2D eigenvalue weighted by Gasteiger charge is 2.52. The summed E-state index contributed by atoms with van der Waals surface area (Å²) in [5.41, 5.74) is 1.00. The van der Waals surface area contributed by atoms with Crippen LogP contribution in [0.2, 0.25) is 5.04 Å². The van der Waals surface area contributed by atoms with Gasteiger partial charge in [0.25, 0.3) is 14.2 Å². The van der Waals surface area contributed by atoms with Crippen LogP contribution in [0.15, 0.2) is 97.1 Å². The first-order chi connectivity index (χ1) is 25.8. The lowest BCUT2D eigenvalue weighted by molar-refractivity contribution is -0.0819. The molecule has 1 fully saturated rings. The molecule has 1 N–H and O–H groups in total. The predicted octanol–water partition coefficient (Wildman–Crippen LogP) is 9.18. The van der Waals surface area contributed by atoms with Gasteiger partial charge in [0.1, 0.15) is 11.6 Å². The van der Waals surface area contributed by atoms with Gasteiger partial charge in [-0.2, -0.15) is 0 Å². The van der Waals surface area contributed by atoms with E-state index in [0.29, 0.717) is 43.0 Å². The minimum Gasteiger partial charge on any atom is -0.401 e. The lowest BCUT2D eigenvalue weighted by Crippen LogP contribution is -2.67. The average Bonchev–Trinajstić information content (AvgIpc) is 3.48. The Morgan fingerprint density at radius 1 is 0.870 bits per heavy atom. The molecule has 0 spiro atoms. The molecule has 0 amide bonds. The highest BCUT2D eigenvalue weighted by atomic mass is 32.1. The first kappa shape index (κ1) is 38.7. The minimum atomic E-state index is -3.37. The van der Waals surface area contributed by atoms with Crippen molar-refractivity contribution < 1.29 is 26.4 Å². The molecule has 11 heteroatoms. The summed E-state index contributed by atoms with van der Waals surface area (Å²) in [6, 6.07) is 28.1. The van der Waals surface area contributed by atoms with Gasteiger partial charge >= 0.3 is 0 Å². The van der Waals surface area contributed by atoms with Crippen molar-refractivity contribution in [1.82, 2.24) is 9.80 Å². The molecule has 2 aliphatic heterocycles. The van der Waals surface area contributed by atoms with E-state index >= 15 is 17.6 Å². The molecule has 4 nitrogen and oxygen atoms in total. The van der Waals surface area contributed by atoms with Crippen molar-refractivity contribution in [1.29, 1.82) is 0 Å². The third-order valence-electron chi connectivity index (χ3n) is 11.0. The maximum atomic E-state index is 16.8. The Morgan fingerprint density at radius 3 is 2.06 bits per heavy atom. The molecule has 4 aromatic carbocycles. The van der Waals surface area contributed by atoms with Gasteiger partial charge in [-0.15, -0.1) is 11.3 Å². The zero-order valence-electron chi connectivity index (χ0n) is 31.2. The average molecular weight is 778 g/mol. The van der Waals surface area contributed by atoms with E-state index in [2.05, 4.69) is 10.2 Å². The fourth-order valence-corrected chi connectivity index (χ4v) is 14.4. The summed E-state index contributed by atoms with van der Waals surface area (Å²) in [7, 11) is -3.29. The molecule has 0 aliphatic carbocycles. The zero-order chi connectivity index (χ0) is 38.3. The Balaban J connectivity index is 1.23. The van der Waals surface area contributed by atoms with E-state index in [0.717, 1.165) is 26.0 Å². The Labute approximate surface area is 320 Å². The van der Waals surface area contributed by atoms with Gasteiger partial charge in [0, 0.05) is 46.5 Å². The van der Waals surface area contributed by atoms with Gasteiger partial charge in [0.05, 0.1) is 31.9 Å². The third kappa shape index (κ3) is 7.50. The molecule has 286 valence electrons. The third-order valence-corrected chi connectivity index (χ3v) is 17.2. The van der Waals surface area contributed by atoms with E-state index in [1.807, 2.05) is 113 Å². The molecular weight excluding hydrogens is 730 g/mol. The monoisotopic (exact) mass is 777 g/mol. The number of anilines is 1. The summed E-state index contributed by atoms with van der Waals surface area (Å²) >= 11 is 1.41. The van der Waals surface area contributed by atoms with Crippen molar-refractivity contribution in [3.05, 3.63) is 125 Å². The van der Waals surface area contributed by atoms with Crippen LogP contribution in [0.1, 0.15) is 56.2 Å². The van der Waals surface area contributed by atoms with E-state index in [1.54, 1.807) is 4.90 Å². The van der Waals surface area contributed by atoms with Gasteiger partial charge in [0.15, 0.2) is 0 Å². The van der Waals surface area contributed by atoms with Crippen molar-refractivity contribution in [3.8, 4) is 0 Å². The predicted molar refractivity (Wildman–Crippen MR) is 213 cm³/mol.